The van der Waals surface area contributed by atoms with Gasteiger partial charge in [0.1, 0.15) is 0 Å². The molecule has 0 unspecified atom stereocenters. The Kier molecular flexibility index (Phi) is 5.98. The van der Waals surface area contributed by atoms with Crippen LogP contribution < -0.4 is 10.0 Å². The minimum Gasteiger partial charge on any atom is -0.325 e. The Balaban J connectivity index is 2.86. The first kappa shape index (κ1) is 16.9. The average molecular weight is 319 g/mol. The first-order valence-corrected chi connectivity index (χ1v) is 8.15. The van der Waals surface area contributed by atoms with E-state index in [0.717, 1.165) is 6.42 Å². The molecule has 1 aromatic rings. The zero-order chi connectivity index (χ0) is 15.3. The lowest BCUT2D eigenvalue weighted by Crippen LogP contribution is -2.25. The molecule has 0 aliphatic heterocycles. The number of carbonyl (C=O) groups is 1. The van der Waals surface area contributed by atoms with Crippen molar-refractivity contribution in [2.75, 3.05) is 11.9 Å². The van der Waals surface area contributed by atoms with Gasteiger partial charge in [-0.25, -0.2) is 13.1 Å². The largest absolute Gasteiger partial charge is 0.325 e. The summed E-state index contributed by atoms with van der Waals surface area (Å²) in [5.74, 6) is 0.154. The molecule has 1 rings (SSSR count). The summed E-state index contributed by atoms with van der Waals surface area (Å²) in [6.45, 7) is 5.78. The Bertz CT molecular complexity index is 585. The van der Waals surface area contributed by atoms with E-state index in [0.29, 0.717) is 18.2 Å². The van der Waals surface area contributed by atoms with Crippen molar-refractivity contribution in [2.45, 2.75) is 32.1 Å². The van der Waals surface area contributed by atoms with E-state index in [4.69, 9.17) is 11.6 Å². The zero-order valence-corrected chi connectivity index (χ0v) is 13.3. The van der Waals surface area contributed by atoms with E-state index in [-0.39, 0.29) is 15.8 Å². The van der Waals surface area contributed by atoms with Gasteiger partial charge in [-0.05, 0) is 30.5 Å². The molecule has 0 bridgehead atoms. The number of hydrogen-bond acceptors (Lipinski definition) is 3. The fraction of sp³-hybridized carbons (Fsp3) is 0.462. The maximum absolute atomic E-state index is 12.0. The first-order chi connectivity index (χ1) is 9.22. The summed E-state index contributed by atoms with van der Waals surface area (Å²) in [5.41, 5.74) is 0.389. The van der Waals surface area contributed by atoms with Gasteiger partial charge in [0.05, 0.1) is 15.6 Å². The van der Waals surface area contributed by atoms with Crippen LogP contribution in [0.4, 0.5) is 5.69 Å². The van der Waals surface area contributed by atoms with Gasteiger partial charge in [0.2, 0.25) is 15.9 Å². The van der Waals surface area contributed by atoms with Crippen molar-refractivity contribution >= 4 is 33.2 Å². The number of nitrogens with one attached hydrogen (secondary N) is 2. The summed E-state index contributed by atoms with van der Waals surface area (Å²) < 4.78 is 26.6. The highest BCUT2D eigenvalue weighted by atomic mass is 35.5. The Morgan fingerprint density at radius 1 is 1.35 bits per heavy atom. The fourth-order valence-corrected chi connectivity index (χ4v) is 2.89. The van der Waals surface area contributed by atoms with Gasteiger partial charge in [-0.1, -0.05) is 25.4 Å². The summed E-state index contributed by atoms with van der Waals surface area (Å²) in [6, 6.07) is 4.21. The van der Waals surface area contributed by atoms with E-state index in [2.05, 4.69) is 10.0 Å². The monoisotopic (exact) mass is 318 g/mol. The van der Waals surface area contributed by atoms with Crippen molar-refractivity contribution in [1.29, 1.82) is 0 Å². The number of carbonyl (C=O) groups excluding carboxylic acids is 1. The number of benzene rings is 1. The Labute approximate surface area is 124 Å². The minimum atomic E-state index is -3.57. The molecule has 0 aliphatic rings. The Hall–Kier alpha value is -1.11. The molecule has 2 N–H and O–H groups in total. The molecule has 5 nitrogen and oxygen atoms in total. The van der Waals surface area contributed by atoms with Gasteiger partial charge in [0, 0.05) is 13.5 Å². The van der Waals surface area contributed by atoms with Crippen LogP contribution in [0.5, 0.6) is 0 Å². The minimum absolute atomic E-state index is 0.0837. The van der Waals surface area contributed by atoms with Gasteiger partial charge >= 0.3 is 0 Å². The quantitative estimate of drug-likeness (QED) is 0.846. The van der Waals surface area contributed by atoms with Crippen molar-refractivity contribution in [3.8, 4) is 0 Å². The topological polar surface area (TPSA) is 75.3 Å². The number of anilines is 1. The number of halogens is 1. The van der Waals surface area contributed by atoms with Crippen LogP contribution in [0, 0.1) is 5.92 Å². The summed E-state index contributed by atoms with van der Waals surface area (Å²) in [5, 5.41) is 2.71. The summed E-state index contributed by atoms with van der Waals surface area (Å²) in [4.78, 5) is 11.0. The van der Waals surface area contributed by atoms with Gasteiger partial charge in [-0.15, -0.1) is 0 Å². The van der Waals surface area contributed by atoms with Gasteiger partial charge in [0.15, 0.2) is 0 Å². The highest BCUT2D eigenvalue weighted by Crippen LogP contribution is 2.25. The van der Waals surface area contributed by atoms with E-state index >= 15 is 0 Å². The molecule has 0 atom stereocenters. The molecule has 0 spiro atoms. The molecule has 0 saturated heterocycles. The molecule has 0 heterocycles. The molecule has 1 amide bonds. The number of hydrogen-bond donors (Lipinski definition) is 2. The van der Waals surface area contributed by atoms with Crippen LogP contribution in [0.3, 0.4) is 0 Å². The average Bonchev–Trinajstić information content (AvgIpc) is 2.30. The van der Waals surface area contributed by atoms with Crippen LogP contribution in [0.25, 0.3) is 0 Å². The number of sulfonamides is 1. The van der Waals surface area contributed by atoms with Crippen LogP contribution in [0.2, 0.25) is 5.02 Å². The Morgan fingerprint density at radius 2 is 2.00 bits per heavy atom. The van der Waals surface area contributed by atoms with Crippen molar-refractivity contribution < 1.29 is 13.2 Å². The number of rotatable bonds is 6. The molecule has 0 aliphatic carbocycles. The molecule has 0 radical (unpaired) electrons. The first-order valence-electron chi connectivity index (χ1n) is 6.29. The van der Waals surface area contributed by atoms with Crippen LogP contribution in [0.1, 0.15) is 27.2 Å². The van der Waals surface area contributed by atoms with E-state index in [9.17, 15) is 13.2 Å². The molecule has 7 heteroatoms. The van der Waals surface area contributed by atoms with E-state index in [1.165, 1.54) is 25.1 Å². The molecule has 112 valence electrons. The maximum Gasteiger partial charge on any atom is 0.240 e. The fourth-order valence-electron chi connectivity index (χ4n) is 1.52. The van der Waals surface area contributed by atoms with Crippen molar-refractivity contribution in [1.82, 2.24) is 4.72 Å². The molecule has 20 heavy (non-hydrogen) atoms. The molecular weight excluding hydrogens is 300 g/mol. The third-order valence-electron chi connectivity index (χ3n) is 2.58. The molecular formula is C13H19ClN2O3S. The highest BCUT2D eigenvalue weighted by Gasteiger charge is 2.15. The van der Waals surface area contributed by atoms with Crippen molar-refractivity contribution in [3.05, 3.63) is 23.2 Å². The van der Waals surface area contributed by atoms with Crippen LogP contribution in [-0.4, -0.2) is 20.9 Å². The zero-order valence-electron chi connectivity index (χ0n) is 11.7. The van der Waals surface area contributed by atoms with Gasteiger partial charge in [0.25, 0.3) is 0 Å². The van der Waals surface area contributed by atoms with E-state index in [1.807, 2.05) is 13.8 Å². The second kappa shape index (κ2) is 7.06. The molecule has 1 aromatic carbocycles. The van der Waals surface area contributed by atoms with Gasteiger partial charge < -0.3 is 5.32 Å². The third-order valence-corrected chi connectivity index (χ3v) is 4.35. The predicted octanol–water partition coefficient (Wildman–Crippen LogP) is 2.62. The van der Waals surface area contributed by atoms with Crippen molar-refractivity contribution in [2.24, 2.45) is 5.92 Å². The lowest BCUT2D eigenvalue weighted by atomic mass is 10.1. The van der Waals surface area contributed by atoms with Gasteiger partial charge in [-0.3, -0.25) is 4.79 Å². The second-order valence-electron chi connectivity index (χ2n) is 4.90. The normalized spacial score (nSPS) is 11.7. The SMILES string of the molecule is CC(=O)Nc1ccc(S(=O)(=O)NCCC(C)C)cc1Cl. The Morgan fingerprint density at radius 3 is 2.50 bits per heavy atom. The molecule has 0 saturated carbocycles. The predicted molar refractivity (Wildman–Crippen MR) is 80.4 cm³/mol. The van der Waals surface area contributed by atoms with Crippen molar-refractivity contribution in [3.63, 3.8) is 0 Å². The highest BCUT2D eigenvalue weighted by molar-refractivity contribution is 7.89. The molecule has 0 fully saturated rings. The standard InChI is InChI=1S/C13H19ClN2O3S/c1-9(2)6-7-15-20(18,19)11-4-5-13(12(14)8-11)16-10(3)17/h4-5,8-9,15H,6-7H2,1-3H3,(H,16,17). The van der Waals surface area contributed by atoms with Crippen LogP contribution in [-0.2, 0) is 14.8 Å². The van der Waals surface area contributed by atoms with Gasteiger partial charge in [-0.2, -0.15) is 0 Å². The summed E-state index contributed by atoms with van der Waals surface area (Å²) in [7, 11) is -3.57. The third kappa shape index (κ3) is 5.11. The maximum atomic E-state index is 12.0. The summed E-state index contributed by atoms with van der Waals surface area (Å²) >= 11 is 5.96. The van der Waals surface area contributed by atoms with Crippen LogP contribution in [0.15, 0.2) is 23.1 Å². The number of amides is 1. The molecule has 0 aromatic heterocycles. The lowest BCUT2D eigenvalue weighted by Gasteiger charge is -2.10. The second-order valence-corrected chi connectivity index (χ2v) is 7.08. The van der Waals surface area contributed by atoms with E-state index < -0.39 is 10.0 Å². The van der Waals surface area contributed by atoms with Crippen LogP contribution >= 0.6 is 11.6 Å². The smallest absolute Gasteiger partial charge is 0.240 e. The summed E-state index contributed by atoms with van der Waals surface area (Å²) in [6.07, 6.45) is 0.761. The van der Waals surface area contributed by atoms with E-state index in [1.54, 1.807) is 0 Å². The lowest BCUT2D eigenvalue weighted by molar-refractivity contribution is -0.114.